The molecular formula is C14H20. The minimum Gasteiger partial charge on any atom is -0.0991 e. The summed E-state index contributed by atoms with van der Waals surface area (Å²) in [6.07, 6.45) is 11.1. The summed E-state index contributed by atoms with van der Waals surface area (Å²) in [6, 6.07) is 0. The Morgan fingerprint density at radius 1 is 1.00 bits per heavy atom. The van der Waals surface area contributed by atoms with Crippen molar-refractivity contribution in [2.75, 3.05) is 0 Å². The first-order valence-electron chi connectivity index (χ1n) is 4.87. The lowest BCUT2D eigenvalue weighted by atomic mass is 10.1. The Bertz CT molecular complexity index is 285. The summed E-state index contributed by atoms with van der Waals surface area (Å²) in [5, 5.41) is 0. The maximum absolute atomic E-state index is 3.71. The molecule has 0 aliphatic carbocycles. The Morgan fingerprint density at radius 2 is 1.64 bits per heavy atom. The monoisotopic (exact) mass is 188 g/mol. The first-order valence-corrected chi connectivity index (χ1v) is 4.87. The molecule has 0 nitrogen and oxygen atoms in total. The van der Waals surface area contributed by atoms with Gasteiger partial charge in [-0.2, -0.15) is 0 Å². The van der Waals surface area contributed by atoms with Crippen LogP contribution >= 0.6 is 0 Å². The highest BCUT2D eigenvalue weighted by Gasteiger charge is 1.89. The van der Waals surface area contributed by atoms with Gasteiger partial charge in [-0.25, -0.2) is 0 Å². The molecule has 0 saturated carbocycles. The standard InChI is InChI=1S/C14H20/c1-6-9-13(4)14(5)11-8-10-12(3)7-2/h6-7,9-11H,1-2,8H2,3-5H3/b12-10-,13-9-,14-11-. The molecule has 0 aliphatic rings. The van der Waals surface area contributed by atoms with E-state index in [1.807, 2.05) is 18.2 Å². The predicted octanol–water partition coefficient (Wildman–Crippen LogP) is 4.59. The van der Waals surface area contributed by atoms with Crippen molar-refractivity contribution >= 4 is 0 Å². The van der Waals surface area contributed by atoms with Crippen molar-refractivity contribution in [3.05, 3.63) is 60.3 Å². The molecule has 0 heterocycles. The summed E-state index contributed by atoms with van der Waals surface area (Å²) in [6.45, 7) is 13.7. The lowest BCUT2D eigenvalue weighted by molar-refractivity contribution is 1.25. The van der Waals surface area contributed by atoms with E-state index >= 15 is 0 Å². The lowest BCUT2D eigenvalue weighted by Gasteiger charge is -1.99. The quantitative estimate of drug-likeness (QED) is 0.554. The molecule has 0 N–H and O–H groups in total. The molecule has 14 heavy (non-hydrogen) atoms. The highest BCUT2D eigenvalue weighted by atomic mass is 14.0. The summed E-state index contributed by atoms with van der Waals surface area (Å²) < 4.78 is 0. The van der Waals surface area contributed by atoms with Gasteiger partial charge < -0.3 is 0 Å². The molecule has 0 radical (unpaired) electrons. The fourth-order valence-corrected chi connectivity index (χ4v) is 0.974. The lowest BCUT2D eigenvalue weighted by Crippen LogP contribution is -1.78. The van der Waals surface area contributed by atoms with Crippen molar-refractivity contribution in [1.82, 2.24) is 0 Å². The van der Waals surface area contributed by atoms with Gasteiger partial charge in [-0.15, -0.1) is 0 Å². The van der Waals surface area contributed by atoms with E-state index in [2.05, 4.69) is 46.1 Å². The van der Waals surface area contributed by atoms with Crippen LogP contribution in [0, 0.1) is 0 Å². The Hall–Kier alpha value is -1.30. The van der Waals surface area contributed by atoms with Crippen LogP contribution in [-0.4, -0.2) is 0 Å². The van der Waals surface area contributed by atoms with E-state index in [4.69, 9.17) is 0 Å². The molecule has 0 bridgehead atoms. The van der Waals surface area contributed by atoms with E-state index in [0.29, 0.717) is 0 Å². The zero-order valence-electron chi connectivity index (χ0n) is 9.51. The summed E-state index contributed by atoms with van der Waals surface area (Å²) >= 11 is 0. The van der Waals surface area contributed by atoms with Gasteiger partial charge in [0.15, 0.2) is 0 Å². The minimum absolute atomic E-state index is 0.964. The molecule has 0 atom stereocenters. The number of allylic oxidation sites excluding steroid dienone is 8. The van der Waals surface area contributed by atoms with Crippen LogP contribution < -0.4 is 0 Å². The van der Waals surface area contributed by atoms with Crippen molar-refractivity contribution in [3.8, 4) is 0 Å². The van der Waals surface area contributed by atoms with Crippen LogP contribution in [0.1, 0.15) is 27.2 Å². The molecule has 0 amide bonds. The zero-order chi connectivity index (χ0) is 11.0. The second-order valence-electron chi connectivity index (χ2n) is 3.36. The smallest absolute Gasteiger partial charge is 0.0158 e. The first-order chi connectivity index (χ1) is 6.61. The average molecular weight is 188 g/mol. The second kappa shape index (κ2) is 7.14. The molecule has 0 aromatic heterocycles. The van der Waals surface area contributed by atoms with Gasteiger partial charge in [0.25, 0.3) is 0 Å². The molecule has 0 aliphatic heterocycles. The summed E-state index contributed by atoms with van der Waals surface area (Å²) in [5.41, 5.74) is 3.79. The van der Waals surface area contributed by atoms with E-state index in [1.54, 1.807) is 0 Å². The Morgan fingerprint density at radius 3 is 2.14 bits per heavy atom. The molecule has 76 valence electrons. The maximum atomic E-state index is 3.71. The van der Waals surface area contributed by atoms with Crippen LogP contribution in [0.4, 0.5) is 0 Å². The normalized spacial score (nSPS) is 14.1. The van der Waals surface area contributed by atoms with Crippen LogP contribution in [0.2, 0.25) is 0 Å². The minimum atomic E-state index is 0.964. The topological polar surface area (TPSA) is 0 Å². The van der Waals surface area contributed by atoms with Crippen molar-refractivity contribution in [2.45, 2.75) is 27.2 Å². The van der Waals surface area contributed by atoms with E-state index in [-0.39, 0.29) is 0 Å². The van der Waals surface area contributed by atoms with Crippen molar-refractivity contribution in [1.29, 1.82) is 0 Å². The SMILES string of the molecule is C=C/C=C(C)\C(C)=C/C/C=C(/C)C=C. The van der Waals surface area contributed by atoms with Crippen molar-refractivity contribution in [2.24, 2.45) is 0 Å². The van der Waals surface area contributed by atoms with Crippen LogP contribution in [-0.2, 0) is 0 Å². The molecule has 0 unspecified atom stereocenters. The number of hydrogen-bond acceptors (Lipinski definition) is 0. The molecule has 0 spiro atoms. The molecule has 0 aromatic carbocycles. The van der Waals surface area contributed by atoms with Gasteiger partial charge in [-0.1, -0.05) is 54.7 Å². The van der Waals surface area contributed by atoms with Crippen LogP contribution in [0.5, 0.6) is 0 Å². The number of rotatable bonds is 5. The number of hydrogen-bond donors (Lipinski definition) is 0. The third-order valence-electron chi connectivity index (χ3n) is 2.18. The largest absolute Gasteiger partial charge is 0.0991 e. The molecule has 0 rings (SSSR count). The highest BCUT2D eigenvalue weighted by Crippen LogP contribution is 2.09. The van der Waals surface area contributed by atoms with Gasteiger partial charge in [-0.05, 0) is 32.8 Å². The van der Waals surface area contributed by atoms with Crippen LogP contribution in [0.15, 0.2) is 60.3 Å². The molecule has 0 fully saturated rings. The van der Waals surface area contributed by atoms with Gasteiger partial charge in [0.2, 0.25) is 0 Å². The maximum Gasteiger partial charge on any atom is -0.0158 e. The van der Waals surface area contributed by atoms with Gasteiger partial charge in [-0.3, -0.25) is 0 Å². The zero-order valence-corrected chi connectivity index (χ0v) is 9.51. The fourth-order valence-electron chi connectivity index (χ4n) is 0.974. The Kier molecular flexibility index (Phi) is 6.47. The third-order valence-corrected chi connectivity index (χ3v) is 2.18. The van der Waals surface area contributed by atoms with E-state index in [0.717, 1.165) is 6.42 Å². The first kappa shape index (κ1) is 12.7. The molecule has 0 heteroatoms. The molecule has 0 saturated heterocycles. The average Bonchev–Trinajstić information content (AvgIpc) is 2.17. The summed E-state index contributed by atoms with van der Waals surface area (Å²) in [7, 11) is 0. The van der Waals surface area contributed by atoms with Crippen LogP contribution in [0.3, 0.4) is 0 Å². The van der Waals surface area contributed by atoms with Crippen molar-refractivity contribution < 1.29 is 0 Å². The van der Waals surface area contributed by atoms with E-state index in [9.17, 15) is 0 Å². The third kappa shape index (κ3) is 5.36. The highest BCUT2D eigenvalue weighted by molar-refractivity contribution is 5.30. The van der Waals surface area contributed by atoms with E-state index < -0.39 is 0 Å². The summed E-state index contributed by atoms with van der Waals surface area (Å²) in [4.78, 5) is 0. The predicted molar refractivity (Wildman–Crippen MR) is 66.3 cm³/mol. The van der Waals surface area contributed by atoms with E-state index in [1.165, 1.54) is 16.7 Å². The van der Waals surface area contributed by atoms with Crippen LogP contribution in [0.25, 0.3) is 0 Å². The fraction of sp³-hybridized carbons (Fsp3) is 0.286. The molecular weight excluding hydrogens is 168 g/mol. The van der Waals surface area contributed by atoms with Gasteiger partial charge in [0.1, 0.15) is 0 Å². The summed E-state index contributed by atoms with van der Waals surface area (Å²) in [5.74, 6) is 0. The van der Waals surface area contributed by atoms with Gasteiger partial charge >= 0.3 is 0 Å². The van der Waals surface area contributed by atoms with Crippen molar-refractivity contribution in [3.63, 3.8) is 0 Å². The Balaban J connectivity index is 4.33. The second-order valence-corrected chi connectivity index (χ2v) is 3.36. The van der Waals surface area contributed by atoms with Gasteiger partial charge in [0.05, 0.1) is 0 Å². The molecule has 0 aromatic rings. The Labute approximate surface area is 88.0 Å². The van der Waals surface area contributed by atoms with Gasteiger partial charge in [0, 0.05) is 0 Å².